The zero-order valence-corrected chi connectivity index (χ0v) is 15.7. The van der Waals surface area contributed by atoms with Gasteiger partial charge in [-0.2, -0.15) is 5.10 Å². The van der Waals surface area contributed by atoms with Crippen LogP contribution >= 0.6 is 23.8 Å². The van der Waals surface area contributed by atoms with Crippen LogP contribution < -0.4 is 10.6 Å². The van der Waals surface area contributed by atoms with Gasteiger partial charge in [0.2, 0.25) is 0 Å². The number of hydrogen-bond donors (Lipinski definition) is 2. The van der Waals surface area contributed by atoms with Gasteiger partial charge >= 0.3 is 0 Å². The van der Waals surface area contributed by atoms with Crippen LogP contribution in [0.1, 0.15) is 24.1 Å². The molecule has 4 nitrogen and oxygen atoms in total. The van der Waals surface area contributed by atoms with E-state index < -0.39 is 0 Å². The number of halogens is 2. The van der Waals surface area contributed by atoms with Crippen LogP contribution in [-0.4, -0.2) is 14.9 Å². The molecule has 0 spiro atoms. The minimum atomic E-state index is -0.351. The van der Waals surface area contributed by atoms with Gasteiger partial charge in [0.15, 0.2) is 5.11 Å². The van der Waals surface area contributed by atoms with Crippen molar-refractivity contribution in [2.75, 3.05) is 5.32 Å². The second-order valence-corrected chi connectivity index (χ2v) is 6.67. The highest BCUT2D eigenvalue weighted by Gasteiger charge is 2.10. The normalized spacial score (nSPS) is 11.8. The lowest BCUT2D eigenvalue weighted by Gasteiger charge is -2.16. The van der Waals surface area contributed by atoms with Crippen LogP contribution in [0.2, 0.25) is 5.02 Å². The van der Waals surface area contributed by atoms with E-state index in [9.17, 15) is 4.39 Å². The van der Waals surface area contributed by atoms with Crippen molar-refractivity contribution in [1.29, 1.82) is 0 Å². The molecule has 0 fully saturated rings. The predicted molar refractivity (Wildman–Crippen MR) is 107 cm³/mol. The number of benzene rings is 2. The number of rotatable bonds is 5. The molecule has 0 aliphatic carbocycles. The van der Waals surface area contributed by atoms with Crippen LogP contribution in [0.4, 0.5) is 10.1 Å². The molecule has 0 saturated heterocycles. The first-order valence-electron chi connectivity index (χ1n) is 8.11. The van der Waals surface area contributed by atoms with Crippen molar-refractivity contribution in [3.63, 3.8) is 0 Å². The van der Waals surface area contributed by atoms with Crippen LogP contribution in [0.3, 0.4) is 0 Å². The Kier molecular flexibility index (Phi) is 5.85. The monoisotopic (exact) mass is 388 g/mol. The molecule has 3 rings (SSSR count). The second-order valence-electron chi connectivity index (χ2n) is 5.86. The topological polar surface area (TPSA) is 41.9 Å². The highest BCUT2D eigenvalue weighted by Crippen LogP contribution is 2.20. The average molecular weight is 389 g/mol. The molecule has 1 unspecified atom stereocenters. The molecule has 1 aromatic heterocycles. The first kappa shape index (κ1) is 18.4. The quantitative estimate of drug-likeness (QED) is 0.618. The van der Waals surface area contributed by atoms with E-state index in [0.29, 0.717) is 15.7 Å². The summed E-state index contributed by atoms with van der Waals surface area (Å²) in [6.45, 7) is 2.28. The van der Waals surface area contributed by atoms with Gasteiger partial charge in [-0.3, -0.25) is 4.68 Å². The molecule has 0 bridgehead atoms. The summed E-state index contributed by atoms with van der Waals surface area (Å²) in [5.74, 6) is -0.351. The molecule has 2 aromatic carbocycles. The van der Waals surface area contributed by atoms with Gasteiger partial charge in [0, 0.05) is 16.8 Å². The Bertz CT molecular complexity index is 877. The van der Waals surface area contributed by atoms with Gasteiger partial charge in [0.05, 0.1) is 24.5 Å². The van der Waals surface area contributed by atoms with E-state index in [1.54, 1.807) is 29.2 Å². The highest BCUT2D eigenvalue weighted by molar-refractivity contribution is 7.80. The number of aromatic nitrogens is 2. The number of thiocarbonyl (C=S) groups is 1. The van der Waals surface area contributed by atoms with Gasteiger partial charge in [-0.05, 0) is 36.8 Å². The Morgan fingerprint density at radius 3 is 2.73 bits per heavy atom. The lowest BCUT2D eigenvalue weighted by Crippen LogP contribution is -2.30. The standard InChI is InChI=1S/C19H18ClFN4S/c1-13(14-6-3-2-4-7-14)23-19(26)24-15-10-22-25(11-15)12-16-17(20)8-5-9-18(16)21/h2-11,13H,12H2,1H3,(H2,23,24,26). The average Bonchev–Trinajstić information content (AvgIpc) is 3.06. The second kappa shape index (κ2) is 8.29. The van der Waals surface area contributed by atoms with Crippen molar-refractivity contribution in [2.24, 2.45) is 0 Å². The van der Waals surface area contributed by atoms with Crippen molar-refractivity contribution in [3.8, 4) is 0 Å². The third-order valence-corrected chi connectivity index (χ3v) is 4.49. The summed E-state index contributed by atoms with van der Waals surface area (Å²) in [5.41, 5.74) is 2.26. The van der Waals surface area contributed by atoms with Crippen LogP contribution in [-0.2, 0) is 6.54 Å². The van der Waals surface area contributed by atoms with Gasteiger partial charge in [0.1, 0.15) is 5.82 Å². The Morgan fingerprint density at radius 2 is 2.00 bits per heavy atom. The van der Waals surface area contributed by atoms with E-state index >= 15 is 0 Å². The predicted octanol–water partition coefficient (Wildman–Crippen LogP) is 4.77. The van der Waals surface area contributed by atoms with Crippen molar-refractivity contribution in [1.82, 2.24) is 15.1 Å². The summed E-state index contributed by atoms with van der Waals surface area (Å²) in [7, 11) is 0. The first-order chi connectivity index (χ1) is 12.5. The summed E-state index contributed by atoms with van der Waals surface area (Å²) < 4.78 is 15.5. The molecule has 0 aliphatic rings. The zero-order chi connectivity index (χ0) is 18.5. The molecule has 2 N–H and O–H groups in total. The molecule has 26 heavy (non-hydrogen) atoms. The van der Waals surface area contributed by atoms with Crippen molar-refractivity contribution in [3.05, 3.63) is 82.9 Å². The Morgan fingerprint density at radius 1 is 1.23 bits per heavy atom. The molecule has 1 heterocycles. The lowest BCUT2D eigenvalue weighted by molar-refractivity contribution is 0.585. The van der Waals surface area contributed by atoms with Crippen LogP contribution in [0.25, 0.3) is 0 Å². The Labute approximate surface area is 162 Å². The van der Waals surface area contributed by atoms with Crippen LogP contribution in [0.15, 0.2) is 60.9 Å². The van der Waals surface area contributed by atoms with Crippen molar-refractivity contribution in [2.45, 2.75) is 19.5 Å². The minimum Gasteiger partial charge on any atom is -0.356 e. The molecule has 0 aliphatic heterocycles. The number of anilines is 1. The van der Waals surface area contributed by atoms with Crippen LogP contribution in [0.5, 0.6) is 0 Å². The fourth-order valence-electron chi connectivity index (χ4n) is 2.55. The van der Waals surface area contributed by atoms with Gasteiger partial charge in [-0.1, -0.05) is 48.0 Å². The summed E-state index contributed by atoms with van der Waals surface area (Å²) in [6, 6.07) is 14.7. The molecule has 7 heteroatoms. The largest absolute Gasteiger partial charge is 0.356 e. The number of nitrogens with one attached hydrogen (secondary N) is 2. The fraction of sp³-hybridized carbons (Fsp3) is 0.158. The van der Waals surface area contributed by atoms with E-state index in [4.69, 9.17) is 23.8 Å². The van der Waals surface area contributed by atoms with Crippen LogP contribution in [0, 0.1) is 5.82 Å². The summed E-state index contributed by atoms with van der Waals surface area (Å²) >= 11 is 11.4. The number of nitrogens with zero attached hydrogens (tertiary/aromatic N) is 2. The summed E-state index contributed by atoms with van der Waals surface area (Å²) in [4.78, 5) is 0. The molecule has 3 aromatic rings. The maximum atomic E-state index is 13.9. The molecule has 134 valence electrons. The van der Waals surface area contributed by atoms with E-state index in [-0.39, 0.29) is 18.4 Å². The maximum absolute atomic E-state index is 13.9. The SMILES string of the molecule is CC(NC(=S)Nc1cnn(Cc2c(F)cccc2Cl)c1)c1ccccc1. The smallest absolute Gasteiger partial charge is 0.171 e. The van der Waals surface area contributed by atoms with E-state index in [1.165, 1.54) is 6.07 Å². The minimum absolute atomic E-state index is 0.0727. The maximum Gasteiger partial charge on any atom is 0.171 e. The molecular weight excluding hydrogens is 371 g/mol. The Balaban J connectivity index is 1.60. The van der Waals surface area contributed by atoms with Gasteiger partial charge in [-0.15, -0.1) is 0 Å². The van der Waals surface area contributed by atoms with Gasteiger partial charge in [0.25, 0.3) is 0 Å². The molecule has 0 amide bonds. The molecular formula is C19H18ClFN4S. The van der Waals surface area contributed by atoms with Gasteiger partial charge < -0.3 is 10.6 Å². The van der Waals surface area contributed by atoms with Crippen molar-refractivity contribution >= 4 is 34.6 Å². The third kappa shape index (κ3) is 4.59. The molecule has 1 atom stereocenters. The van der Waals surface area contributed by atoms with Crippen molar-refractivity contribution < 1.29 is 4.39 Å². The molecule has 0 saturated carbocycles. The first-order valence-corrected chi connectivity index (χ1v) is 8.89. The fourth-order valence-corrected chi connectivity index (χ4v) is 3.07. The van der Waals surface area contributed by atoms with E-state index in [2.05, 4.69) is 15.7 Å². The zero-order valence-electron chi connectivity index (χ0n) is 14.1. The lowest BCUT2D eigenvalue weighted by atomic mass is 10.1. The third-order valence-electron chi connectivity index (χ3n) is 3.92. The Hall–Kier alpha value is -2.44. The number of hydrogen-bond acceptors (Lipinski definition) is 2. The summed E-state index contributed by atoms with van der Waals surface area (Å²) in [5, 5.41) is 11.4. The van der Waals surface area contributed by atoms with E-state index in [1.807, 2.05) is 37.3 Å². The van der Waals surface area contributed by atoms with Gasteiger partial charge in [-0.25, -0.2) is 4.39 Å². The highest BCUT2D eigenvalue weighted by atomic mass is 35.5. The van der Waals surface area contributed by atoms with E-state index in [0.717, 1.165) is 11.3 Å². The molecule has 0 radical (unpaired) electrons. The summed E-state index contributed by atoms with van der Waals surface area (Å²) in [6.07, 6.45) is 3.39.